The Kier molecular flexibility index (Phi) is 3.69. The van der Waals surface area contributed by atoms with Crippen LogP contribution in [0.3, 0.4) is 0 Å². The van der Waals surface area contributed by atoms with Gasteiger partial charge in [-0.1, -0.05) is 12.1 Å². The van der Waals surface area contributed by atoms with Gasteiger partial charge in [-0.25, -0.2) is 4.79 Å². The lowest BCUT2D eigenvalue weighted by Crippen LogP contribution is -2.05. The molecule has 0 amide bonds. The van der Waals surface area contributed by atoms with Crippen LogP contribution in [0.1, 0.15) is 21.7 Å². The summed E-state index contributed by atoms with van der Waals surface area (Å²) in [5.41, 5.74) is -0.0984. The molecular weight excluding hydrogens is 275 g/mol. The molecule has 0 spiro atoms. The Labute approximate surface area is 111 Å². The zero-order valence-corrected chi connectivity index (χ0v) is 10.1. The number of furan rings is 1. The average Bonchev–Trinajstić information content (AvgIpc) is 2.85. The van der Waals surface area contributed by atoms with Crippen molar-refractivity contribution >= 4 is 11.9 Å². The van der Waals surface area contributed by atoms with Crippen LogP contribution in [-0.4, -0.2) is 11.1 Å². The van der Waals surface area contributed by atoms with Crippen LogP contribution in [0.4, 0.5) is 19.1 Å². The van der Waals surface area contributed by atoms with Crippen LogP contribution in [0.25, 0.3) is 0 Å². The minimum atomic E-state index is -4.36. The minimum absolute atomic E-state index is 0.208. The maximum atomic E-state index is 12.4. The summed E-state index contributed by atoms with van der Waals surface area (Å²) in [4.78, 5) is 10.6. The molecule has 106 valence electrons. The van der Waals surface area contributed by atoms with Crippen molar-refractivity contribution < 1.29 is 27.5 Å². The molecular formula is C13H10F3NO3. The Hall–Kier alpha value is -2.44. The number of carbonyl (C=O) groups is 1. The molecule has 0 aliphatic carbocycles. The maximum Gasteiger partial charge on any atom is 0.416 e. The van der Waals surface area contributed by atoms with E-state index in [9.17, 15) is 18.0 Å². The normalized spacial score (nSPS) is 11.3. The highest BCUT2D eigenvalue weighted by molar-refractivity contribution is 5.84. The second-order valence-corrected chi connectivity index (χ2v) is 4.02. The highest BCUT2D eigenvalue weighted by Gasteiger charge is 2.29. The number of aromatic carboxylic acids is 1. The summed E-state index contributed by atoms with van der Waals surface area (Å²) in [6.45, 7) is 0.227. The van der Waals surface area contributed by atoms with Crippen molar-refractivity contribution in [1.29, 1.82) is 0 Å². The molecule has 0 saturated carbocycles. The van der Waals surface area contributed by atoms with Gasteiger partial charge in [0.05, 0.1) is 5.56 Å². The zero-order chi connectivity index (χ0) is 14.8. The van der Waals surface area contributed by atoms with Gasteiger partial charge in [0.1, 0.15) is 0 Å². The van der Waals surface area contributed by atoms with E-state index < -0.39 is 17.7 Å². The summed E-state index contributed by atoms with van der Waals surface area (Å²) in [6, 6.07) is 7.39. The van der Waals surface area contributed by atoms with Gasteiger partial charge >= 0.3 is 12.1 Å². The Balaban J connectivity index is 1.98. The van der Waals surface area contributed by atoms with Crippen LogP contribution >= 0.6 is 0 Å². The number of alkyl halides is 3. The number of carboxylic acid groups (broad SMARTS) is 1. The van der Waals surface area contributed by atoms with Crippen molar-refractivity contribution in [3.05, 3.63) is 53.3 Å². The van der Waals surface area contributed by atoms with Gasteiger partial charge in [0, 0.05) is 12.6 Å². The molecule has 0 fully saturated rings. The van der Waals surface area contributed by atoms with E-state index in [1.54, 1.807) is 0 Å². The largest absolute Gasteiger partial charge is 0.475 e. The lowest BCUT2D eigenvalue weighted by molar-refractivity contribution is -0.137. The van der Waals surface area contributed by atoms with Gasteiger partial charge in [0.25, 0.3) is 0 Å². The highest BCUT2D eigenvalue weighted by atomic mass is 19.4. The standard InChI is InChI=1S/C13H10F3NO3/c14-13(15,16)9-3-1-8(2-4-9)7-17-11-6-5-10(20-11)12(18)19/h1-6,17H,7H2,(H,18,19). The van der Waals surface area contributed by atoms with Crippen molar-refractivity contribution in [2.45, 2.75) is 12.7 Å². The Morgan fingerprint density at radius 2 is 1.80 bits per heavy atom. The SMILES string of the molecule is O=C(O)c1ccc(NCc2ccc(C(F)(F)F)cc2)o1. The van der Waals surface area contributed by atoms with E-state index >= 15 is 0 Å². The van der Waals surface area contributed by atoms with E-state index in [0.29, 0.717) is 5.56 Å². The van der Waals surface area contributed by atoms with E-state index in [0.717, 1.165) is 12.1 Å². The molecule has 0 aliphatic heterocycles. The molecule has 2 rings (SSSR count). The van der Waals surface area contributed by atoms with E-state index in [1.165, 1.54) is 24.3 Å². The number of nitrogens with one attached hydrogen (secondary N) is 1. The van der Waals surface area contributed by atoms with E-state index in [1.807, 2.05) is 0 Å². The third-order valence-corrected chi connectivity index (χ3v) is 2.56. The van der Waals surface area contributed by atoms with Crippen molar-refractivity contribution in [2.24, 2.45) is 0 Å². The number of hydrogen-bond acceptors (Lipinski definition) is 3. The van der Waals surface area contributed by atoms with Crippen LogP contribution in [0.5, 0.6) is 0 Å². The Morgan fingerprint density at radius 3 is 2.30 bits per heavy atom. The fourth-order valence-corrected chi connectivity index (χ4v) is 1.55. The van der Waals surface area contributed by atoms with Gasteiger partial charge < -0.3 is 14.8 Å². The lowest BCUT2D eigenvalue weighted by Gasteiger charge is -2.08. The molecule has 2 N–H and O–H groups in total. The van der Waals surface area contributed by atoms with Crippen LogP contribution in [-0.2, 0) is 12.7 Å². The summed E-state index contributed by atoms with van der Waals surface area (Å²) >= 11 is 0. The zero-order valence-electron chi connectivity index (χ0n) is 10.1. The van der Waals surface area contributed by atoms with Gasteiger partial charge in [-0.15, -0.1) is 0 Å². The summed E-state index contributed by atoms with van der Waals surface area (Å²) in [5.74, 6) is -1.16. The third kappa shape index (κ3) is 3.31. The maximum absolute atomic E-state index is 12.4. The summed E-state index contributed by atoms with van der Waals surface area (Å²) in [6.07, 6.45) is -4.36. The Bertz CT molecular complexity index is 602. The quantitative estimate of drug-likeness (QED) is 0.900. The van der Waals surface area contributed by atoms with Crippen molar-refractivity contribution in [2.75, 3.05) is 5.32 Å². The highest BCUT2D eigenvalue weighted by Crippen LogP contribution is 2.29. The van der Waals surface area contributed by atoms with Crippen LogP contribution in [0, 0.1) is 0 Å². The number of hydrogen-bond donors (Lipinski definition) is 2. The van der Waals surface area contributed by atoms with Gasteiger partial charge in [-0.2, -0.15) is 13.2 Å². The molecule has 0 saturated heterocycles. The van der Waals surface area contributed by atoms with Gasteiger partial charge in [0.2, 0.25) is 5.76 Å². The first-order valence-corrected chi connectivity index (χ1v) is 5.59. The lowest BCUT2D eigenvalue weighted by atomic mass is 10.1. The second kappa shape index (κ2) is 5.28. The molecule has 0 radical (unpaired) electrons. The molecule has 20 heavy (non-hydrogen) atoms. The number of halogens is 3. The predicted molar refractivity (Wildman–Crippen MR) is 64.4 cm³/mol. The topological polar surface area (TPSA) is 62.5 Å². The van der Waals surface area contributed by atoms with Gasteiger partial charge in [0.15, 0.2) is 5.88 Å². The van der Waals surface area contributed by atoms with Crippen molar-refractivity contribution in [1.82, 2.24) is 0 Å². The second-order valence-electron chi connectivity index (χ2n) is 4.02. The minimum Gasteiger partial charge on any atom is -0.475 e. The number of rotatable bonds is 4. The average molecular weight is 285 g/mol. The molecule has 7 heteroatoms. The molecule has 1 aromatic carbocycles. The molecule has 4 nitrogen and oxygen atoms in total. The van der Waals surface area contributed by atoms with E-state index in [-0.39, 0.29) is 18.2 Å². The molecule has 0 bridgehead atoms. The summed E-state index contributed by atoms with van der Waals surface area (Å²) in [5, 5.41) is 11.4. The Morgan fingerprint density at radius 1 is 1.15 bits per heavy atom. The van der Waals surface area contributed by atoms with Crippen LogP contribution < -0.4 is 5.32 Å². The van der Waals surface area contributed by atoms with Crippen molar-refractivity contribution in [3.63, 3.8) is 0 Å². The predicted octanol–water partition coefficient (Wildman–Crippen LogP) is 3.61. The number of anilines is 1. The molecule has 0 unspecified atom stereocenters. The van der Waals surface area contributed by atoms with Crippen molar-refractivity contribution in [3.8, 4) is 0 Å². The number of benzene rings is 1. The molecule has 0 atom stereocenters. The monoisotopic (exact) mass is 285 g/mol. The fraction of sp³-hybridized carbons (Fsp3) is 0.154. The first-order valence-electron chi connectivity index (χ1n) is 5.59. The van der Waals surface area contributed by atoms with Crippen LogP contribution in [0.2, 0.25) is 0 Å². The van der Waals surface area contributed by atoms with E-state index in [2.05, 4.69) is 5.32 Å². The first kappa shape index (κ1) is 14.0. The third-order valence-electron chi connectivity index (χ3n) is 2.56. The number of carboxylic acids is 1. The summed E-state index contributed by atoms with van der Waals surface area (Å²) < 4.78 is 42.0. The van der Waals surface area contributed by atoms with Crippen LogP contribution in [0.15, 0.2) is 40.8 Å². The van der Waals surface area contributed by atoms with E-state index in [4.69, 9.17) is 9.52 Å². The molecule has 1 heterocycles. The molecule has 1 aromatic heterocycles. The van der Waals surface area contributed by atoms with Gasteiger partial charge in [-0.3, -0.25) is 0 Å². The summed E-state index contributed by atoms with van der Waals surface area (Å²) in [7, 11) is 0. The molecule has 2 aromatic rings. The molecule has 0 aliphatic rings. The fourth-order valence-electron chi connectivity index (χ4n) is 1.55. The van der Waals surface area contributed by atoms with Gasteiger partial charge in [-0.05, 0) is 23.8 Å². The first-order chi connectivity index (χ1) is 9.36. The smallest absolute Gasteiger partial charge is 0.416 e.